The van der Waals surface area contributed by atoms with Crippen LogP contribution in [0.5, 0.6) is 0 Å². The standard InChI is InChI=1S/C85H62BN3Si2/c1-10-34-62(35-11-1)85(63-36-12-2-13-37-63)73-52-28-31-55-78(73)89(79-56-32-29-53-74(79)85)65-58-76-83-81(59-65)88(64-38-14-3-15-39-64)80-57-33-30-54-75(80)86(83)84-77(87-76)60-72(90(66-40-16-4-17-41-66,67-42-18-5-19-43-67)68-44-20-6-21-45-68)61-82(84)91(69-46-22-7-23-47-69,70-48-24-8-25-49-70)71-50-26-9-27-51-71/h1-61,87H. The molecule has 0 saturated heterocycles. The van der Waals surface area contributed by atoms with Crippen LogP contribution in [-0.4, -0.2) is 22.9 Å². The molecule has 0 bridgehead atoms. The molecule has 1 N–H and O–H groups in total. The van der Waals surface area contributed by atoms with E-state index in [2.05, 4.69) is 385 Å². The zero-order valence-electron chi connectivity index (χ0n) is 50.2. The van der Waals surface area contributed by atoms with Crippen molar-refractivity contribution >= 4 is 126 Å². The summed E-state index contributed by atoms with van der Waals surface area (Å²) in [6.07, 6.45) is 0. The molecule has 3 aliphatic heterocycles. The van der Waals surface area contributed by atoms with Gasteiger partial charge >= 0.3 is 0 Å². The quantitative estimate of drug-likeness (QED) is 0.0971. The van der Waals surface area contributed by atoms with Gasteiger partial charge in [0.25, 0.3) is 6.71 Å². The average Bonchev–Trinajstić information content (AvgIpc) is 0.700. The average molecular weight is 1190 g/mol. The number of nitrogens with one attached hydrogen (secondary N) is 1. The smallest absolute Gasteiger partial charge is 0.251 e. The van der Waals surface area contributed by atoms with Crippen LogP contribution in [0.1, 0.15) is 22.3 Å². The van der Waals surface area contributed by atoms with E-state index < -0.39 is 21.6 Å². The Balaban J connectivity index is 1.02. The maximum atomic E-state index is 4.50. The van der Waals surface area contributed by atoms with Gasteiger partial charge in [0.05, 0.1) is 22.5 Å². The lowest BCUT2D eigenvalue weighted by Gasteiger charge is -2.47. The summed E-state index contributed by atoms with van der Waals surface area (Å²) in [5, 5.41) is 15.2. The van der Waals surface area contributed by atoms with E-state index >= 15 is 0 Å². The Morgan fingerprint density at radius 3 is 1.07 bits per heavy atom. The van der Waals surface area contributed by atoms with Gasteiger partial charge in [0.15, 0.2) is 16.1 Å². The van der Waals surface area contributed by atoms with Crippen LogP contribution >= 0.6 is 0 Å². The van der Waals surface area contributed by atoms with Gasteiger partial charge in [-0.05, 0) is 129 Å². The molecule has 0 fully saturated rings. The van der Waals surface area contributed by atoms with Gasteiger partial charge in [0.1, 0.15) is 0 Å². The number of hydrogen-bond donors (Lipinski definition) is 1. The van der Waals surface area contributed by atoms with Crippen molar-refractivity contribution in [1.82, 2.24) is 0 Å². The summed E-state index contributed by atoms with van der Waals surface area (Å²) < 4.78 is 0. The Morgan fingerprint density at radius 2 is 0.615 bits per heavy atom. The summed E-state index contributed by atoms with van der Waals surface area (Å²) in [5.74, 6) is 0. The minimum Gasteiger partial charge on any atom is -0.356 e. The summed E-state index contributed by atoms with van der Waals surface area (Å²) in [6.45, 7) is -0.204. The van der Waals surface area contributed by atoms with Crippen molar-refractivity contribution in [3.05, 3.63) is 392 Å². The molecule has 0 spiro atoms. The van der Waals surface area contributed by atoms with Crippen molar-refractivity contribution < 1.29 is 0 Å². The molecule has 14 aromatic carbocycles. The lowest BCUT2D eigenvalue weighted by Crippen LogP contribution is -2.82. The fourth-order valence-electron chi connectivity index (χ4n) is 16.2. The lowest BCUT2D eigenvalue weighted by molar-refractivity contribution is 0.731. The van der Waals surface area contributed by atoms with E-state index in [1.807, 2.05) is 0 Å². The van der Waals surface area contributed by atoms with Gasteiger partial charge in [-0.3, -0.25) is 0 Å². The molecule has 14 aromatic rings. The first kappa shape index (κ1) is 54.2. The Kier molecular flexibility index (Phi) is 13.2. The molecule has 428 valence electrons. The predicted molar refractivity (Wildman–Crippen MR) is 389 cm³/mol. The van der Waals surface area contributed by atoms with E-state index in [0.29, 0.717) is 0 Å². The summed E-state index contributed by atoms with van der Waals surface area (Å²) in [5.41, 5.74) is 17.1. The molecule has 0 unspecified atom stereocenters. The van der Waals surface area contributed by atoms with Crippen LogP contribution in [0.2, 0.25) is 0 Å². The summed E-state index contributed by atoms with van der Waals surface area (Å²) in [6, 6.07) is 140. The fraction of sp³-hybridized carbons (Fsp3) is 0.0118. The molecule has 3 aliphatic rings. The Labute approximate surface area is 535 Å². The summed E-state index contributed by atoms with van der Waals surface area (Å²) >= 11 is 0. The number of anilines is 8. The van der Waals surface area contributed by atoms with E-state index in [4.69, 9.17) is 0 Å². The lowest BCUT2D eigenvalue weighted by atomic mass is 9.33. The highest BCUT2D eigenvalue weighted by atomic mass is 28.3. The molecule has 17 rings (SSSR count). The van der Waals surface area contributed by atoms with Crippen LogP contribution < -0.4 is 73.0 Å². The third-order valence-corrected chi connectivity index (χ3v) is 29.3. The van der Waals surface area contributed by atoms with Gasteiger partial charge in [-0.15, -0.1) is 0 Å². The second kappa shape index (κ2) is 22.2. The van der Waals surface area contributed by atoms with Crippen molar-refractivity contribution in [1.29, 1.82) is 0 Å². The van der Waals surface area contributed by atoms with Crippen molar-refractivity contribution in [2.24, 2.45) is 0 Å². The molecular weight excluding hydrogens is 1130 g/mol. The molecule has 3 heterocycles. The second-order valence-electron chi connectivity index (χ2n) is 24.2. The van der Waals surface area contributed by atoms with Crippen molar-refractivity contribution in [3.8, 4) is 0 Å². The fourth-order valence-corrected chi connectivity index (χ4v) is 26.3. The molecule has 0 aliphatic carbocycles. The van der Waals surface area contributed by atoms with Crippen LogP contribution in [-0.2, 0) is 5.41 Å². The van der Waals surface area contributed by atoms with Gasteiger partial charge in [-0.25, -0.2) is 0 Å². The Morgan fingerprint density at radius 1 is 0.264 bits per heavy atom. The topological polar surface area (TPSA) is 18.5 Å². The molecule has 3 nitrogen and oxygen atoms in total. The molecule has 0 saturated carbocycles. The van der Waals surface area contributed by atoms with E-state index in [1.165, 1.54) is 80.1 Å². The number of fused-ring (bicyclic) bond motifs is 6. The van der Waals surface area contributed by atoms with Crippen molar-refractivity contribution in [2.75, 3.05) is 15.1 Å². The molecule has 6 heteroatoms. The van der Waals surface area contributed by atoms with Gasteiger partial charge < -0.3 is 15.1 Å². The maximum Gasteiger partial charge on any atom is 0.251 e. The highest BCUT2D eigenvalue weighted by Gasteiger charge is 2.53. The first-order chi connectivity index (χ1) is 45.2. The second-order valence-corrected chi connectivity index (χ2v) is 31.8. The molecule has 0 amide bonds. The zero-order valence-corrected chi connectivity index (χ0v) is 52.2. The largest absolute Gasteiger partial charge is 0.356 e. The van der Waals surface area contributed by atoms with E-state index in [9.17, 15) is 0 Å². The number of benzene rings is 14. The van der Waals surface area contributed by atoms with Crippen LogP contribution in [0.4, 0.5) is 45.5 Å². The molecular formula is C85H62BN3Si2. The monoisotopic (exact) mass is 1190 g/mol. The number of para-hydroxylation sites is 4. The van der Waals surface area contributed by atoms with Crippen molar-refractivity contribution in [3.63, 3.8) is 0 Å². The number of nitrogens with zero attached hydrogens (tertiary/aromatic N) is 2. The third-order valence-electron chi connectivity index (χ3n) is 19.8. The highest BCUT2D eigenvalue weighted by Crippen LogP contribution is 2.58. The highest BCUT2D eigenvalue weighted by molar-refractivity contribution is 7.24. The van der Waals surface area contributed by atoms with E-state index in [0.717, 1.165) is 45.5 Å². The zero-order chi connectivity index (χ0) is 60.4. The van der Waals surface area contributed by atoms with Gasteiger partial charge in [0, 0.05) is 28.4 Å². The van der Waals surface area contributed by atoms with Gasteiger partial charge in [0.2, 0.25) is 0 Å². The number of hydrogen-bond acceptors (Lipinski definition) is 3. The minimum atomic E-state index is -3.39. The summed E-state index contributed by atoms with van der Waals surface area (Å²) in [4.78, 5) is 5.10. The van der Waals surface area contributed by atoms with E-state index in [1.54, 1.807) is 0 Å². The van der Waals surface area contributed by atoms with E-state index in [-0.39, 0.29) is 6.71 Å². The number of rotatable bonds is 12. The molecule has 0 aromatic heterocycles. The third kappa shape index (κ3) is 8.26. The first-order valence-electron chi connectivity index (χ1n) is 31.7. The van der Waals surface area contributed by atoms with Crippen molar-refractivity contribution in [2.45, 2.75) is 5.41 Å². The SMILES string of the molecule is c1ccc(N2c3ccccc3B3c4c(cc(N5c6ccccc6C(c6ccccc6)(c6ccccc6)c6ccccc65)cc42)Nc2cc([Si](c4ccccc4)(c4ccccc4)c4ccccc4)cc([Si](c4ccccc4)(c4ccccc4)c4ccccc4)c23)cc1. The van der Waals surface area contributed by atoms with Crippen LogP contribution in [0, 0.1) is 0 Å². The normalized spacial score (nSPS) is 13.4. The van der Waals surface area contributed by atoms with Gasteiger partial charge in [-0.1, -0.05) is 322 Å². The van der Waals surface area contributed by atoms with Crippen LogP contribution in [0.25, 0.3) is 0 Å². The Hall–Kier alpha value is -11.0. The predicted octanol–water partition coefficient (Wildman–Crippen LogP) is 13.0. The molecule has 0 atom stereocenters. The Bertz CT molecular complexity index is 4680. The minimum absolute atomic E-state index is 0.204. The molecule has 91 heavy (non-hydrogen) atoms. The van der Waals surface area contributed by atoms with Crippen LogP contribution in [0.15, 0.2) is 370 Å². The van der Waals surface area contributed by atoms with Gasteiger partial charge in [-0.2, -0.15) is 0 Å². The summed E-state index contributed by atoms with van der Waals surface area (Å²) in [7, 11) is -6.63. The molecule has 0 radical (unpaired) electrons. The maximum absolute atomic E-state index is 4.50. The van der Waals surface area contributed by atoms with Crippen LogP contribution in [0.3, 0.4) is 0 Å². The first-order valence-corrected chi connectivity index (χ1v) is 35.7.